The Morgan fingerprint density at radius 3 is 2.73 bits per heavy atom. The van der Waals surface area contributed by atoms with Crippen molar-refractivity contribution in [2.45, 2.75) is 6.42 Å². The quantitative estimate of drug-likeness (QED) is 0.730. The third kappa shape index (κ3) is 4.41. The first-order valence-electron chi connectivity index (χ1n) is 7.12. The monoisotopic (exact) mass is 306 g/mol. The lowest BCUT2D eigenvalue weighted by atomic mass is 10.2. The summed E-state index contributed by atoms with van der Waals surface area (Å²) in [5, 5.41) is 11.2. The van der Waals surface area contributed by atoms with Gasteiger partial charge in [0.15, 0.2) is 0 Å². The van der Waals surface area contributed by atoms with E-state index in [1.165, 1.54) is 6.07 Å². The summed E-state index contributed by atoms with van der Waals surface area (Å²) in [5.74, 6) is -0.768. The van der Waals surface area contributed by atoms with E-state index in [9.17, 15) is 9.18 Å². The maximum absolute atomic E-state index is 14.1. The number of rotatable bonds is 8. The molecule has 0 fully saturated rings. The molecule has 0 atom stereocenters. The van der Waals surface area contributed by atoms with E-state index in [1.807, 2.05) is 0 Å². The molecule has 0 radical (unpaired) electrons. The predicted molar refractivity (Wildman–Crippen MR) is 80.6 cm³/mol. The number of ether oxygens (including phenoxy) is 1. The summed E-state index contributed by atoms with van der Waals surface area (Å²) >= 11 is 0. The number of carbonyl (C=O) groups excluding carboxylic acids is 1. The van der Waals surface area contributed by atoms with Crippen LogP contribution in [0, 0.1) is 5.82 Å². The summed E-state index contributed by atoms with van der Waals surface area (Å²) in [6, 6.07) is 8.01. The standard InChI is InChI=1S/C16H19FN2O3/c17-14-12-13(4-5-15(14)19-7-1-2-8-19)16(21)18-6-3-10-22-11-9-20/h1-2,4-5,7-8,12,20H,3,6,9-11H2,(H,18,21). The van der Waals surface area contributed by atoms with Crippen LogP contribution in [0.5, 0.6) is 0 Å². The van der Waals surface area contributed by atoms with Crippen LogP contribution in [0.1, 0.15) is 16.8 Å². The molecule has 2 aromatic rings. The Bertz CT molecular complexity index is 599. The molecule has 1 aromatic heterocycles. The molecule has 0 aliphatic heterocycles. The molecule has 22 heavy (non-hydrogen) atoms. The molecule has 1 amide bonds. The van der Waals surface area contributed by atoms with Crippen LogP contribution in [0.2, 0.25) is 0 Å². The highest BCUT2D eigenvalue weighted by Crippen LogP contribution is 2.15. The molecule has 0 saturated heterocycles. The van der Waals surface area contributed by atoms with Crippen LogP contribution >= 0.6 is 0 Å². The molecule has 2 rings (SSSR count). The zero-order valence-electron chi connectivity index (χ0n) is 12.2. The van der Waals surface area contributed by atoms with Crippen molar-refractivity contribution in [1.29, 1.82) is 0 Å². The maximum atomic E-state index is 14.1. The predicted octanol–water partition coefficient (Wildman–Crippen LogP) is 1.75. The number of benzene rings is 1. The fraction of sp³-hybridized carbons (Fsp3) is 0.312. The van der Waals surface area contributed by atoms with Crippen molar-refractivity contribution in [3.63, 3.8) is 0 Å². The average Bonchev–Trinajstić information content (AvgIpc) is 3.04. The van der Waals surface area contributed by atoms with Gasteiger partial charge in [-0.25, -0.2) is 4.39 Å². The van der Waals surface area contributed by atoms with Gasteiger partial charge in [-0.15, -0.1) is 0 Å². The number of halogens is 1. The van der Waals surface area contributed by atoms with Crippen molar-refractivity contribution in [3.8, 4) is 5.69 Å². The van der Waals surface area contributed by atoms with Crippen LogP contribution in [0.3, 0.4) is 0 Å². The van der Waals surface area contributed by atoms with Gasteiger partial charge in [0.05, 0.1) is 18.9 Å². The Morgan fingerprint density at radius 2 is 2.05 bits per heavy atom. The number of amides is 1. The van der Waals surface area contributed by atoms with Gasteiger partial charge in [0.2, 0.25) is 0 Å². The summed E-state index contributed by atoms with van der Waals surface area (Å²) in [6.45, 7) is 1.17. The van der Waals surface area contributed by atoms with Gasteiger partial charge in [0.1, 0.15) is 5.82 Å². The Kier molecular flexibility index (Phi) is 6.12. The largest absolute Gasteiger partial charge is 0.394 e. The van der Waals surface area contributed by atoms with E-state index in [0.717, 1.165) is 0 Å². The highest BCUT2D eigenvalue weighted by Gasteiger charge is 2.10. The molecular weight excluding hydrogens is 287 g/mol. The molecule has 0 spiro atoms. The first-order valence-corrected chi connectivity index (χ1v) is 7.12. The van der Waals surface area contributed by atoms with Crippen LogP contribution in [0.4, 0.5) is 4.39 Å². The van der Waals surface area contributed by atoms with E-state index in [2.05, 4.69) is 5.32 Å². The minimum atomic E-state index is -0.449. The summed E-state index contributed by atoms with van der Waals surface area (Å²) in [6.07, 6.45) is 4.12. The van der Waals surface area contributed by atoms with Gasteiger partial charge in [-0.1, -0.05) is 0 Å². The zero-order chi connectivity index (χ0) is 15.8. The molecule has 1 heterocycles. The molecule has 5 nitrogen and oxygen atoms in total. The van der Waals surface area contributed by atoms with Gasteiger partial charge in [0.25, 0.3) is 5.91 Å². The van der Waals surface area contributed by atoms with Crippen LogP contribution in [0.25, 0.3) is 5.69 Å². The first-order chi connectivity index (χ1) is 10.7. The Hall–Kier alpha value is -2.18. The highest BCUT2D eigenvalue weighted by molar-refractivity contribution is 5.94. The normalized spacial score (nSPS) is 10.6. The van der Waals surface area contributed by atoms with Crippen LogP contribution in [0.15, 0.2) is 42.7 Å². The van der Waals surface area contributed by atoms with Crippen molar-refractivity contribution in [2.24, 2.45) is 0 Å². The van der Waals surface area contributed by atoms with Crippen molar-refractivity contribution in [1.82, 2.24) is 9.88 Å². The van der Waals surface area contributed by atoms with Crippen LogP contribution in [-0.4, -0.2) is 41.9 Å². The van der Waals surface area contributed by atoms with E-state index in [1.54, 1.807) is 41.2 Å². The third-order valence-corrected chi connectivity index (χ3v) is 3.08. The lowest BCUT2D eigenvalue weighted by Gasteiger charge is -2.08. The summed E-state index contributed by atoms with van der Waals surface area (Å²) < 4.78 is 20.8. The highest BCUT2D eigenvalue weighted by atomic mass is 19.1. The number of aliphatic hydroxyl groups excluding tert-OH is 1. The molecule has 0 aliphatic carbocycles. The summed E-state index contributed by atoms with van der Waals surface area (Å²) in [7, 11) is 0. The fourth-order valence-corrected chi connectivity index (χ4v) is 2.00. The molecule has 0 bridgehead atoms. The smallest absolute Gasteiger partial charge is 0.251 e. The van der Waals surface area contributed by atoms with Crippen LogP contribution in [-0.2, 0) is 4.74 Å². The number of carbonyl (C=O) groups is 1. The van der Waals surface area contributed by atoms with Gasteiger partial charge in [-0.2, -0.15) is 0 Å². The Labute approximate surface area is 128 Å². The number of hydrogen-bond donors (Lipinski definition) is 2. The summed E-state index contributed by atoms with van der Waals surface area (Å²) in [5.41, 5.74) is 0.684. The molecule has 118 valence electrons. The first kappa shape index (κ1) is 16.2. The van der Waals surface area contributed by atoms with Gasteiger partial charge >= 0.3 is 0 Å². The SMILES string of the molecule is O=C(NCCCOCCO)c1ccc(-n2cccc2)c(F)c1. The van der Waals surface area contributed by atoms with Gasteiger partial charge in [0, 0.05) is 31.1 Å². The Morgan fingerprint density at radius 1 is 1.27 bits per heavy atom. The van der Waals surface area contributed by atoms with E-state index in [-0.39, 0.29) is 18.1 Å². The molecule has 0 aliphatic rings. The van der Waals surface area contributed by atoms with Crippen molar-refractivity contribution in [2.75, 3.05) is 26.4 Å². The number of aromatic nitrogens is 1. The second-order valence-electron chi connectivity index (χ2n) is 4.70. The minimum Gasteiger partial charge on any atom is -0.394 e. The van der Waals surface area contributed by atoms with E-state index in [4.69, 9.17) is 9.84 Å². The topological polar surface area (TPSA) is 63.5 Å². The molecular formula is C16H19FN2O3. The molecule has 0 unspecified atom stereocenters. The maximum Gasteiger partial charge on any atom is 0.251 e. The molecule has 6 heteroatoms. The van der Waals surface area contributed by atoms with E-state index in [0.29, 0.717) is 31.9 Å². The van der Waals surface area contributed by atoms with E-state index >= 15 is 0 Å². The number of aliphatic hydroxyl groups is 1. The second kappa shape index (κ2) is 8.31. The second-order valence-corrected chi connectivity index (χ2v) is 4.70. The van der Waals surface area contributed by atoms with Gasteiger partial charge in [-0.3, -0.25) is 4.79 Å². The fourth-order valence-electron chi connectivity index (χ4n) is 2.00. The number of hydrogen-bond acceptors (Lipinski definition) is 3. The van der Waals surface area contributed by atoms with Gasteiger partial charge < -0.3 is 19.7 Å². The average molecular weight is 306 g/mol. The lowest BCUT2D eigenvalue weighted by Crippen LogP contribution is -2.25. The molecule has 2 N–H and O–H groups in total. The summed E-state index contributed by atoms with van der Waals surface area (Å²) in [4.78, 5) is 11.9. The zero-order valence-corrected chi connectivity index (χ0v) is 12.2. The van der Waals surface area contributed by atoms with Crippen LogP contribution < -0.4 is 5.32 Å². The lowest BCUT2D eigenvalue weighted by molar-refractivity contribution is 0.0867. The van der Waals surface area contributed by atoms with Crippen molar-refractivity contribution in [3.05, 3.63) is 54.1 Å². The van der Waals surface area contributed by atoms with Crippen molar-refractivity contribution < 1.29 is 19.0 Å². The third-order valence-electron chi connectivity index (χ3n) is 3.08. The van der Waals surface area contributed by atoms with Gasteiger partial charge in [-0.05, 0) is 36.8 Å². The number of nitrogens with zero attached hydrogens (tertiary/aromatic N) is 1. The Balaban J connectivity index is 1.87. The molecule has 1 aromatic carbocycles. The minimum absolute atomic E-state index is 0.0145. The number of nitrogens with one attached hydrogen (secondary N) is 1. The molecule has 0 saturated carbocycles. The van der Waals surface area contributed by atoms with E-state index < -0.39 is 5.82 Å². The van der Waals surface area contributed by atoms with Crippen molar-refractivity contribution >= 4 is 5.91 Å².